The second kappa shape index (κ2) is 5.59. The Morgan fingerprint density at radius 3 is 2.64 bits per heavy atom. The minimum atomic E-state index is -1.13. The van der Waals surface area contributed by atoms with Crippen LogP contribution >= 0.6 is 39.1 Å². The summed E-state index contributed by atoms with van der Waals surface area (Å²) in [6.45, 7) is 0. The Morgan fingerprint density at radius 1 is 1.43 bits per heavy atom. The van der Waals surface area contributed by atoms with Crippen LogP contribution in [0.15, 0.2) is 24.3 Å². The molecule has 76 valence electrons. The lowest BCUT2D eigenvalue weighted by atomic mass is 10.1. The third kappa shape index (κ3) is 3.15. The number of carbonyl (C=O) groups is 1. The Hall–Kier alpha value is -0.250. The molecule has 0 saturated carbocycles. The van der Waals surface area contributed by atoms with Gasteiger partial charge < -0.3 is 4.74 Å². The van der Waals surface area contributed by atoms with Crippen molar-refractivity contribution in [1.82, 2.24) is 0 Å². The van der Waals surface area contributed by atoms with Gasteiger partial charge in [-0.2, -0.15) is 0 Å². The molecular formula is C9H7BrCl2O2. The zero-order valence-electron chi connectivity index (χ0n) is 7.04. The van der Waals surface area contributed by atoms with Crippen LogP contribution in [0.2, 0.25) is 0 Å². The zero-order chi connectivity index (χ0) is 10.6. The number of ether oxygens (including phenoxy) is 1. The second-order valence-corrected chi connectivity index (χ2v) is 4.03. The van der Waals surface area contributed by atoms with Crippen LogP contribution in [0.1, 0.15) is 15.9 Å². The first-order chi connectivity index (χ1) is 6.65. The zero-order valence-corrected chi connectivity index (χ0v) is 10.1. The molecule has 0 aromatic heterocycles. The van der Waals surface area contributed by atoms with Crippen molar-refractivity contribution in [3.05, 3.63) is 35.4 Å². The number of benzene rings is 1. The maximum atomic E-state index is 11.4. The molecule has 0 aliphatic heterocycles. The molecule has 0 fully saturated rings. The first-order valence-corrected chi connectivity index (χ1v) is 5.77. The quantitative estimate of drug-likeness (QED) is 0.630. The predicted octanol–water partition coefficient (Wildman–Crippen LogP) is 3.50. The van der Waals surface area contributed by atoms with Gasteiger partial charge in [0.05, 0.1) is 5.56 Å². The Morgan fingerprint density at radius 2 is 2.07 bits per heavy atom. The van der Waals surface area contributed by atoms with Gasteiger partial charge in [0.1, 0.15) is 0 Å². The third-order valence-corrected chi connectivity index (χ3v) is 2.36. The van der Waals surface area contributed by atoms with E-state index in [2.05, 4.69) is 20.7 Å². The molecule has 0 aliphatic rings. The highest BCUT2D eigenvalue weighted by Crippen LogP contribution is 2.16. The minimum absolute atomic E-state index is 0.468. The highest BCUT2D eigenvalue weighted by Gasteiger charge is 2.13. The van der Waals surface area contributed by atoms with Crippen molar-refractivity contribution in [3.8, 4) is 0 Å². The van der Waals surface area contributed by atoms with Gasteiger partial charge in [-0.25, -0.2) is 4.79 Å². The average Bonchev–Trinajstić information content (AvgIpc) is 2.16. The number of halogens is 3. The summed E-state index contributed by atoms with van der Waals surface area (Å²) in [5.74, 6) is -0.518. The Kier molecular flexibility index (Phi) is 4.72. The molecule has 0 saturated heterocycles. The summed E-state index contributed by atoms with van der Waals surface area (Å²) in [6.07, 6.45) is 0. The molecule has 0 N–H and O–H groups in total. The number of rotatable bonds is 3. The third-order valence-electron chi connectivity index (χ3n) is 1.58. The lowest BCUT2D eigenvalue weighted by Gasteiger charge is -2.07. The van der Waals surface area contributed by atoms with Gasteiger partial charge in [0.15, 0.2) is 0 Å². The monoisotopic (exact) mass is 296 g/mol. The molecule has 0 atom stereocenters. The van der Waals surface area contributed by atoms with E-state index >= 15 is 0 Å². The van der Waals surface area contributed by atoms with Crippen LogP contribution < -0.4 is 0 Å². The van der Waals surface area contributed by atoms with Crippen LogP contribution in [0, 0.1) is 0 Å². The van der Waals surface area contributed by atoms with E-state index in [4.69, 9.17) is 23.2 Å². The molecule has 1 rings (SSSR count). The second-order valence-electron chi connectivity index (χ2n) is 2.46. The van der Waals surface area contributed by atoms with Crippen molar-refractivity contribution >= 4 is 45.1 Å². The lowest BCUT2D eigenvalue weighted by Crippen LogP contribution is -2.10. The Balaban J connectivity index is 2.88. The van der Waals surface area contributed by atoms with Crippen LogP contribution in [0.25, 0.3) is 0 Å². The number of hydrogen-bond acceptors (Lipinski definition) is 2. The molecule has 0 unspecified atom stereocenters. The van der Waals surface area contributed by atoms with Crippen molar-refractivity contribution in [2.24, 2.45) is 0 Å². The van der Waals surface area contributed by atoms with E-state index in [-0.39, 0.29) is 0 Å². The fourth-order valence-electron chi connectivity index (χ4n) is 0.980. The van der Waals surface area contributed by atoms with E-state index in [1.54, 1.807) is 12.1 Å². The molecule has 2 nitrogen and oxygen atoms in total. The topological polar surface area (TPSA) is 26.3 Å². The molecule has 0 spiro atoms. The van der Waals surface area contributed by atoms with E-state index in [9.17, 15) is 4.79 Å². The number of carbonyl (C=O) groups excluding carboxylic acids is 1. The number of esters is 1. The van der Waals surface area contributed by atoms with Gasteiger partial charge in [-0.05, 0) is 11.6 Å². The van der Waals surface area contributed by atoms with Crippen molar-refractivity contribution in [2.75, 3.05) is 0 Å². The summed E-state index contributed by atoms with van der Waals surface area (Å²) in [6, 6.07) is 7.07. The molecule has 5 heteroatoms. The highest BCUT2D eigenvalue weighted by molar-refractivity contribution is 9.08. The molecule has 14 heavy (non-hydrogen) atoms. The maximum absolute atomic E-state index is 11.4. The summed E-state index contributed by atoms with van der Waals surface area (Å²) in [4.78, 5) is 11.4. The van der Waals surface area contributed by atoms with Gasteiger partial charge in [-0.3, -0.25) is 0 Å². The Bertz CT molecular complexity index is 328. The minimum Gasteiger partial charge on any atom is -0.428 e. The Labute approximate surface area is 100 Å². The normalized spacial score (nSPS) is 10.3. The largest absolute Gasteiger partial charge is 0.428 e. The number of alkyl halides is 3. The van der Waals surface area contributed by atoms with Gasteiger partial charge in [-0.1, -0.05) is 57.3 Å². The fourth-order valence-corrected chi connectivity index (χ4v) is 1.63. The van der Waals surface area contributed by atoms with Gasteiger partial charge in [0.2, 0.25) is 0 Å². The molecule has 0 aliphatic carbocycles. The standard InChI is InChI=1S/C9H7BrCl2O2/c10-5-6-3-1-2-4-7(6)8(13)14-9(11)12/h1-4,9H,5H2. The smallest absolute Gasteiger partial charge is 0.340 e. The molecule has 1 aromatic carbocycles. The summed E-state index contributed by atoms with van der Waals surface area (Å²) < 4.78 is 4.65. The molecule has 0 bridgehead atoms. The maximum Gasteiger partial charge on any atom is 0.340 e. The molecule has 0 amide bonds. The van der Waals surface area contributed by atoms with E-state index in [1.165, 1.54) is 0 Å². The van der Waals surface area contributed by atoms with Gasteiger partial charge in [0.25, 0.3) is 5.02 Å². The summed E-state index contributed by atoms with van der Waals surface area (Å²) in [5.41, 5.74) is 1.31. The van der Waals surface area contributed by atoms with Crippen LogP contribution in [0.4, 0.5) is 0 Å². The summed E-state index contributed by atoms with van der Waals surface area (Å²) >= 11 is 13.9. The summed E-state index contributed by atoms with van der Waals surface area (Å²) in [7, 11) is 0. The van der Waals surface area contributed by atoms with E-state index in [0.29, 0.717) is 10.9 Å². The van der Waals surface area contributed by atoms with Crippen LogP contribution in [0.3, 0.4) is 0 Å². The SMILES string of the molecule is O=C(OC(Cl)Cl)c1ccccc1CBr. The van der Waals surface area contributed by atoms with Crippen LogP contribution in [0.5, 0.6) is 0 Å². The molecule has 0 radical (unpaired) electrons. The molecular weight excluding hydrogens is 291 g/mol. The van der Waals surface area contributed by atoms with Crippen LogP contribution in [-0.2, 0) is 10.1 Å². The molecule has 0 heterocycles. The van der Waals surface area contributed by atoms with Gasteiger partial charge in [-0.15, -0.1) is 0 Å². The predicted molar refractivity (Wildman–Crippen MR) is 60.0 cm³/mol. The first kappa shape index (κ1) is 11.8. The van der Waals surface area contributed by atoms with Gasteiger partial charge in [0, 0.05) is 5.33 Å². The van der Waals surface area contributed by atoms with E-state index in [0.717, 1.165) is 5.56 Å². The van der Waals surface area contributed by atoms with E-state index < -0.39 is 11.0 Å². The fraction of sp³-hybridized carbons (Fsp3) is 0.222. The van der Waals surface area contributed by atoms with Crippen molar-refractivity contribution in [3.63, 3.8) is 0 Å². The first-order valence-electron chi connectivity index (χ1n) is 3.78. The molecule has 1 aromatic rings. The lowest BCUT2D eigenvalue weighted by molar-refractivity contribution is 0.0535. The van der Waals surface area contributed by atoms with Crippen molar-refractivity contribution < 1.29 is 9.53 Å². The average molecular weight is 298 g/mol. The number of hydrogen-bond donors (Lipinski definition) is 0. The van der Waals surface area contributed by atoms with E-state index in [1.807, 2.05) is 12.1 Å². The highest BCUT2D eigenvalue weighted by atomic mass is 79.9. The van der Waals surface area contributed by atoms with Crippen molar-refractivity contribution in [2.45, 2.75) is 10.4 Å². The van der Waals surface area contributed by atoms with Crippen LogP contribution in [-0.4, -0.2) is 11.0 Å². The summed E-state index contributed by atoms with van der Waals surface area (Å²) in [5, 5.41) is -0.557. The van der Waals surface area contributed by atoms with Crippen molar-refractivity contribution in [1.29, 1.82) is 0 Å². The van der Waals surface area contributed by atoms with Gasteiger partial charge >= 0.3 is 5.97 Å².